The molecule has 4 heterocycles. The van der Waals surface area contributed by atoms with Crippen LogP contribution in [0.15, 0.2) is 44.8 Å². The molecule has 1 aliphatic carbocycles. The SMILES string of the molecule is Cn1c2c(c3cc(S(=O)(=O)c4ccsc4)ccc31)C1CCC(CN1)C2. The molecule has 130 valence electrons. The summed E-state index contributed by atoms with van der Waals surface area (Å²) < 4.78 is 28.1. The van der Waals surface area contributed by atoms with Crippen molar-refractivity contribution in [1.82, 2.24) is 9.88 Å². The number of sulfone groups is 1. The molecule has 2 atom stereocenters. The first kappa shape index (κ1) is 15.6. The second-order valence-corrected chi connectivity index (χ2v) is 9.90. The van der Waals surface area contributed by atoms with Gasteiger partial charge >= 0.3 is 0 Å². The van der Waals surface area contributed by atoms with E-state index in [4.69, 9.17) is 0 Å². The van der Waals surface area contributed by atoms with Crippen LogP contribution in [0, 0.1) is 5.92 Å². The van der Waals surface area contributed by atoms with Crippen LogP contribution in [0.2, 0.25) is 0 Å². The van der Waals surface area contributed by atoms with Crippen molar-refractivity contribution >= 4 is 32.1 Å². The van der Waals surface area contributed by atoms with E-state index in [0.717, 1.165) is 30.3 Å². The van der Waals surface area contributed by atoms with Gasteiger partial charge in [-0.15, -0.1) is 0 Å². The Labute approximate surface area is 151 Å². The van der Waals surface area contributed by atoms with Crippen LogP contribution in [0.3, 0.4) is 0 Å². The molecule has 3 aromatic rings. The number of piperidine rings is 1. The van der Waals surface area contributed by atoms with Crippen molar-refractivity contribution in [3.05, 3.63) is 46.3 Å². The lowest BCUT2D eigenvalue weighted by Crippen LogP contribution is -2.30. The largest absolute Gasteiger partial charge is 0.347 e. The number of nitrogens with zero attached hydrogens (tertiary/aromatic N) is 1. The van der Waals surface area contributed by atoms with Crippen LogP contribution in [0.5, 0.6) is 0 Å². The van der Waals surface area contributed by atoms with Crippen LogP contribution in [0.4, 0.5) is 0 Å². The minimum atomic E-state index is -3.45. The first-order chi connectivity index (χ1) is 12.1. The normalized spacial score (nSPS) is 22.9. The molecule has 1 N–H and O–H groups in total. The summed E-state index contributed by atoms with van der Waals surface area (Å²) in [6.45, 7) is 1.06. The molecule has 6 rings (SSSR count). The van der Waals surface area contributed by atoms with Gasteiger partial charge in [0.25, 0.3) is 0 Å². The van der Waals surface area contributed by atoms with E-state index in [9.17, 15) is 8.42 Å². The predicted molar refractivity (Wildman–Crippen MR) is 99.9 cm³/mol. The summed E-state index contributed by atoms with van der Waals surface area (Å²) in [7, 11) is -1.34. The molecule has 0 saturated carbocycles. The van der Waals surface area contributed by atoms with E-state index in [1.54, 1.807) is 17.5 Å². The van der Waals surface area contributed by atoms with Gasteiger partial charge in [0.05, 0.1) is 9.79 Å². The lowest BCUT2D eigenvalue weighted by molar-refractivity contribution is 0.332. The topological polar surface area (TPSA) is 51.1 Å². The van der Waals surface area contributed by atoms with Gasteiger partial charge in [0.2, 0.25) is 9.84 Å². The van der Waals surface area contributed by atoms with Gasteiger partial charge in [0.1, 0.15) is 0 Å². The molecule has 0 amide bonds. The molecule has 2 bridgehead atoms. The van der Waals surface area contributed by atoms with Gasteiger partial charge in [-0.2, -0.15) is 11.3 Å². The average Bonchev–Trinajstić information content (AvgIpc) is 3.16. The number of hydrogen-bond acceptors (Lipinski definition) is 4. The van der Waals surface area contributed by atoms with Crippen molar-refractivity contribution in [1.29, 1.82) is 0 Å². The molecule has 2 aliphatic heterocycles. The molecule has 2 aromatic heterocycles. The number of thiophene rings is 1. The molecule has 1 saturated heterocycles. The minimum absolute atomic E-state index is 0.344. The third-order valence-corrected chi connectivity index (χ3v) is 8.38. The highest BCUT2D eigenvalue weighted by Gasteiger charge is 2.33. The maximum atomic E-state index is 12.9. The van der Waals surface area contributed by atoms with Gasteiger partial charge in [-0.3, -0.25) is 0 Å². The zero-order chi connectivity index (χ0) is 17.2. The van der Waals surface area contributed by atoms with Crippen LogP contribution in [0.25, 0.3) is 10.9 Å². The molecule has 0 spiro atoms. The fraction of sp³-hybridized carbons (Fsp3) is 0.368. The molecule has 3 aliphatic rings. The zero-order valence-electron chi connectivity index (χ0n) is 14.0. The van der Waals surface area contributed by atoms with E-state index < -0.39 is 9.84 Å². The molecule has 1 fully saturated rings. The summed E-state index contributed by atoms with van der Waals surface area (Å²) in [5.41, 5.74) is 3.82. The molecule has 0 radical (unpaired) electrons. The standard InChI is InChI=1S/C19H20N2O2S2/c1-21-17-5-3-13(25(22,23)14-6-7-24-11-14)9-15(17)19-16-4-2-12(10-20-16)8-18(19)21/h3,5-7,9,11-12,16,20H,2,4,8,10H2,1H3. The maximum absolute atomic E-state index is 12.9. The Hall–Kier alpha value is -1.63. The molecular weight excluding hydrogens is 352 g/mol. The van der Waals surface area contributed by atoms with Crippen molar-refractivity contribution in [3.63, 3.8) is 0 Å². The summed E-state index contributed by atoms with van der Waals surface area (Å²) >= 11 is 1.41. The monoisotopic (exact) mass is 372 g/mol. The number of fused-ring (bicyclic) bond motifs is 3. The smallest absolute Gasteiger partial charge is 0.207 e. The molecule has 6 heteroatoms. The summed E-state index contributed by atoms with van der Waals surface area (Å²) in [6, 6.07) is 7.63. The lowest BCUT2D eigenvalue weighted by atomic mass is 9.95. The molecule has 1 aromatic carbocycles. The highest BCUT2D eigenvalue weighted by Crippen LogP contribution is 2.41. The average molecular weight is 373 g/mol. The van der Waals surface area contributed by atoms with Crippen LogP contribution >= 0.6 is 11.3 Å². The number of aryl methyl sites for hydroxylation is 1. The highest BCUT2D eigenvalue weighted by molar-refractivity contribution is 7.91. The van der Waals surface area contributed by atoms with Crippen LogP contribution in [-0.4, -0.2) is 19.5 Å². The van der Waals surface area contributed by atoms with E-state index in [-0.39, 0.29) is 0 Å². The Bertz CT molecular complexity index is 1060. The summed E-state index contributed by atoms with van der Waals surface area (Å²) in [6.07, 6.45) is 3.47. The van der Waals surface area contributed by atoms with Crippen molar-refractivity contribution < 1.29 is 8.42 Å². The van der Waals surface area contributed by atoms with Gasteiger partial charge < -0.3 is 9.88 Å². The van der Waals surface area contributed by atoms with Gasteiger partial charge in [-0.1, -0.05) is 0 Å². The van der Waals surface area contributed by atoms with E-state index >= 15 is 0 Å². The third-order valence-electron chi connectivity index (χ3n) is 5.80. The Morgan fingerprint density at radius 3 is 2.80 bits per heavy atom. The predicted octanol–water partition coefficient (Wildman–Crippen LogP) is 3.67. The molecule has 2 unspecified atom stereocenters. The van der Waals surface area contributed by atoms with Crippen molar-refractivity contribution in [3.8, 4) is 0 Å². The zero-order valence-corrected chi connectivity index (χ0v) is 15.7. The number of aromatic nitrogens is 1. The molecule has 4 nitrogen and oxygen atoms in total. The van der Waals surface area contributed by atoms with E-state index in [0.29, 0.717) is 21.8 Å². The number of nitrogens with one attached hydrogen (secondary N) is 1. The second kappa shape index (κ2) is 5.43. The maximum Gasteiger partial charge on any atom is 0.207 e. The van der Waals surface area contributed by atoms with Gasteiger partial charge in [0.15, 0.2) is 0 Å². The van der Waals surface area contributed by atoms with Crippen LogP contribution in [-0.2, 0) is 23.3 Å². The van der Waals surface area contributed by atoms with Crippen molar-refractivity contribution in [2.24, 2.45) is 13.0 Å². The minimum Gasteiger partial charge on any atom is -0.347 e. The van der Waals surface area contributed by atoms with Crippen LogP contribution in [0.1, 0.15) is 30.1 Å². The first-order valence-electron chi connectivity index (χ1n) is 8.67. The fourth-order valence-corrected chi connectivity index (χ4v) is 6.77. The fourth-order valence-electron chi connectivity index (χ4n) is 4.46. The van der Waals surface area contributed by atoms with Crippen molar-refractivity contribution in [2.75, 3.05) is 6.54 Å². The summed E-state index contributed by atoms with van der Waals surface area (Å²) in [5, 5.41) is 8.27. The third kappa shape index (κ3) is 2.24. The molecule has 25 heavy (non-hydrogen) atoms. The summed E-state index contributed by atoms with van der Waals surface area (Å²) in [4.78, 5) is 0.781. The Balaban J connectivity index is 1.75. The quantitative estimate of drug-likeness (QED) is 0.747. The van der Waals surface area contributed by atoms with Gasteiger partial charge in [-0.25, -0.2) is 8.42 Å². The molecular formula is C19H20N2O2S2. The number of rotatable bonds is 2. The van der Waals surface area contributed by atoms with E-state index in [2.05, 4.69) is 16.9 Å². The Kier molecular flexibility index (Phi) is 3.39. The Morgan fingerprint density at radius 2 is 2.08 bits per heavy atom. The van der Waals surface area contributed by atoms with Crippen LogP contribution < -0.4 is 5.32 Å². The summed E-state index contributed by atoms with van der Waals surface area (Å²) in [5.74, 6) is 0.689. The van der Waals surface area contributed by atoms with Crippen molar-refractivity contribution in [2.45, 2.75) is 35.1 Å². The highest BCUT2D eigenvalue weighted by atomic mass is 32.2. The second-order valence-electron chi connectivity index (χ2n) is 7.17. The Morgan fingerprint density at radius 1 is 1.20 bits per heavy atom. The van der Waals surface area contributed by atoms with E-state index in [1.807, 2.05) is 17.5 Å². The van der Waals surface area contributed by atoms with E-state index in [1.165, 1.54) is 29.0 Å². The first-order valence-corrected chi connectivity index (χ1v) is 11.1. The lowest BCUT2D eigenvalue weighted by Gasteiger charge is -2.25. The number of benzene rings is 1. The van der Waals surface area contributed by atoms with Gasteiger partial charge in [0, 0.05) is 35.1 Å². The number of hydrogen-bond donors (Lipinski definition) is 1. The van der Waals surface area contributed by atoms with Gasteiger partial charge in [-0.05, 0) is 66.9 Å².